The van der Waals surface area contributed by atoms with Gasteiger partial charge in [0.05, 0.1) is 5.92 Å². The Balaban J connectivity index is 1.30. The van der Waals surface area contributed by atoms with Crippen LogP contribution in [-0.4, -0.2) is 60.2 Å². The molecule has 4 rings (SSSR count). The molecule has 0 saturated carbocycles. The molecule has 0 aliphatic carbocycles. The Morgan fingerprint density at radius 1 is 0.862 bits per heavy atom. The van der Waals surface area contributed by atoms with Crippen LogP contribution in [0, 0.1) is 17.8 Å². The third kappa shape index (κ3) is 4.31. The van der Waals surface area contributed by atoms with E-state index in [1.807, 2.05) is 40.1 Å². The molecule has 1 aromatic carbocycles. The molecule has 156 valence electrons. The van der Waals surface area contributed by atoms with E-state index in [-0.39, 0.29) is 36.0 Å². The summed E-state index contributed by atoms with van der Waals surface area (Å²) < 4.78 is 0. The number of carbonyl (C=O) groups is 3. The first-order valence-corrected chi connectivity index (χ1v) is 11.0. The standard InChI is InChI=1S/C23H31N3O3/c1-17-6-5-11-25(15-17)22(28)18-9-12-24(13-10-18)23(29)19-14-21(27)26(16-19)20-7-3-2-4-8-20/h2-4,7-8,17-19H,5-6,9-16H2,1H3. The minimum absolute atomic E-state index is 0.0128. The molecule has 2 unspecified atom stereocenters. The fraction of sp³-hybridized carbons (Fsp3) is 0.609. The maximum absolute atomic E-state index is 13.0. The van der Waals surface area contributed by atoms with Crippen molar-refractivity contribution < 1.29 is 14.4 Å². The van der Waals surface area contributed by atoms with E-state index in [9.17, 15) is 14.4 Å². The summed E-state index contributed by atoms with van der Waals surface area (Å²) >= 11 is 0. The lowest BCUT2D eigenvalue weighted by Gasteiger charge is -2.37. The number of hydrogen-bond donors (Lipinski definition) is 0. The first kappa shape index (κ1) is 19.9. The fourth-order valence-electron chi connectivity index (χ4n) is 4.98. The summed E-state index contributed by atoms with van der Waals surface area (Å²) in [4.78, 5) is 43.9. The minimum atomic E-state index is -0.280. The van der Waals surface area contributed by atoms with Gasteiger partial charge in [-0.2, -0.15) is 0 Å². The molecule has 3 heterocycles. The van der Waals surface area contributed by atoms with Crippen LogP contribution in [0.15, 0.2) is 30.3 Å². The van der Waals surface area contributed by atoms with Crippen LogP contribution in [0.1, 0.15) is 39.0 Å². The lowest BCUT2D eigenvalue weighted by molar-refractivity contribution is -0.143. The maximum Gasteiger partial charge on any atom is 0.228 e. The van der Waals surface area contributed by atoms with Crippen molar-refractivity contribution in [3.8, 4) is 0 Å². The van der Waals surface area contributed by atoms with E-state index in [0.717, 1.165) is 38.0 Å². The highest BCUT2D eigenvalue weighted by atomic mass is 16.2. The number of amides is 3. The molecule has 6 heteroatoms. The van der Waals surface area contributed by atoms with Gasteiger partial charge >= 0.3 is 0 Å². The van der Waals surface area contributed by atoms with Gasteiger partial charge < -0.3 is 14.7 Å². The summed E-state index contributed by atoms with van der Waals surface area (Å²) in [7, 11) is 0. The van der Waals surface area contributed by atoms with Crippen LogP contribution in [0.2, 0.25) is 0 Å². The number of likely N-dealkylation sites (tertiary alicyclic amines) is 2. The molecule has 29 heavy (non-hydrogen) atoms. The van der Waals surface area contributed by atoms with Crippen LogP contribution in [0.3, 0.4) is 0 Å². The maximum atomic E-state index is 13.0. The second kappa shape index (κ2) is 8.56. The zero-order chi connectivity index (χ0) is 20.4. The van der Waals surface area contributed by atoms with Crippen molar-refractivity contribution in [1.29, 1.82) is 0 Å². The van der Waals surface area contributed by atoms with E-state index in [4.69, 9.17) is 0 Å². The van der Waals surface area contributed by atoms with E-state index < -0.39 is 0 Å². The molecule has 3 amide bonds. The molecule has 2 atom stereocenters. The topological polar surface area (TPSA) is 60.9 Å². The summed E-state index contributed by atoms with van der Waals surface area (Å²) in [5.41, 5.74) is 0.855. The summed E-state index contributed by atoms with van der Waals surface area (Å²) in [5.74, 6) is 0.693. The highest BCUT2D eigenvalue weighted by Crippen LogP contribution is 2.29. The first-order chi connectivity index (χ1) is 14.0. The van der Waals surface area contributed by atoms with Crippen LogP contribution in [0.25, 0.3) is 0 Å². The molecular weight excluding hydrogens is 366 g/mol. The lowest BCUT2D eigenvalue weighted by Crippen LogP contribution is -2.48. The number of para-hydroxylation sites is 1. The molecule has 0 aromatic heterocycles. The van der Waals surface area contributed by atoms with Gasteiger partial charge in [-0.25, -0.2) is 0 Å². The molecule has 1 aromatic rings. The molecule has 3 saturated heterocycles. The van der Waals surface area contributed by atoms with Crippen molar-refractivity contribution in [2.45, 2.75) is 39.0 Å². The molecule has 0 radical (unpaired) electrons. The van der Waals surface area contributed by atoms with Gasteiger partial charge in [-0.3, -0.25) is 14.4 Å². The summed E-state index contributed by atoms with van der Waals surface area (Å²) in [6.07, 6.45) is 4.05. The van der Waals surface area contributed by atoms with Gasteiger partial charge in [0.2, 0.25) is 17.7 Å². The Labute approximate surface area is 172 Å². The van der Waals surface area contributed by atoms with Crippen molar-refractivity contribution in [2.24, 2.45) is 17.8 Å². The quantitative estimate of drug-likeness (QED) is 0.788. The zero-order valence-electron chi connectivity index (χ0n) is 17.3. The monoisotopic (exact) mass is 397 g/mol. The first-order valence-electron chi connectivity index (χ1n) is 11.0. The van der Waals surface area contributed by atoms with E-state index >= 15 is 0 Å². The van der Waals surface area contributed by atoms with Crippen LogP contribution < -0.4 is 4.90 Å². The van der Waals surface area contributed by atoms with Crippen LogP contribution in [0.4, 0.5) is 5.69 Å². The molecule has 0 spiro atoms. The SMILES string of the molecule is CC1CCCN(C(=O)C2CCN(C(=O)C3CC(=O)N(c4ccccc4)C3)CC2)C1. The summed E-state index contributed by atoms with van der Waals surface area (Å²) in [5, 5.41) is 0. The number of hydrogen-bond acceptors (Lipinski definition) is 3. The summed E-state index contributed by atoms with van der Waals surface area (Å²) in [6.45, 7) is 5.65. The average Bonchev–Trinajstić information content (AvgIpc) is 3.15. The lowest BCUT2D eigenvalue weighted by atomic mass is 9.92. The molecule has 3 aliphatic rings. The molecule has 6 nitrogen and oxygen atoms in total. The van der Waals surface area contributed by atoms with Crippen molar-refractivity contribution in [3.05, 3.63) is 30.3 Å². The van der Waals surface area contributed by atoms with Crippen molar-refractivity contribution >= 4 is 23.4 Å². The predicted octanol–water partition coefficient (Wildman–Crippen LogP) is 2.54. The van der Waals surface area contributed by atoms with Gasteiger partial charge in [0.1, 0.15) is 0 Å². The third-order valence-corrected chi connectivity index (χ3v) is 6.67. The number of carbonyl (C=O) groups excluding carboxylic acids is 3. The second-order valence-electron chi connectivity index (χ2n) is 8.87. The van der Waals surface area contributed by atoms with Crippen molar-refractivity contribution in [1.82, 2.24) is 9.80 Å². The summed E-state index contributed by atoms with van der Waals surface area (Å²) in [6, 6.07) is 9.54. The predicted molar refractivity (Wildman–Crippen MR) is 111 cm³/mol. The Morgan fingerprint density at radius 3 is 2.24 bits per heavy atom. The Morgan fingerprint density at radius 2 is 1.55 bits per heavy atom. The van der Waals surface area contributed by atoms with Crippen molar-refractivity contribution in [2.75, 3.05) is 37.6 Å². The zero-order valence-corrected chi connectivity index (χ0v) is 17.3. The smallest absolute Gasteiger partial charge is 0.228 e. The minimum Gasteiger partial charge on any atom is -0.342 e. The van der Waals surface area contributed by atoms with Gasteiger partial charge in [-0.15, -0.1) is 0 Å². The number of piperidine rings is 2. The number of nitrogens with zero attached hydrogens (tertiary/aromatic N) is 3. The van der Waals surface area contributed by atoms with Crippen LogP contribution >= 0.6 is 0 Å². The highest BCUT2D eigenvalue weighted by Gasteiger charge is 2.39. The van der Waals surface area contributed by atoms with Crippen LogP contribution in [-0.2, 0) is 14.4 Å². The Bertz CT molecular complexity index is 758. The highest BCUT2D eigenvalue weighted by molar-refractivity contribution is 6.00. The van der Waals surface area contributed by atoms with E-state index in [2.05, 4.69) is 6.92 Å². The van der Waals surface area contributed by atoms with Gasteiger partial charge in [-0.1, -0.05) is 25.1 Å². The largest absolute Gasteiger partial charge is 0.342 e. The van der Waals surface area contributed by atoms with Gasteiger partial charge in [-0.05, 0) is 43.7 Å². The molecule has 0 bridgehead atoms. The normalized spacial score (nSPS) is 26.1. The van der Waals surface area contributed by atoms with Gasteiger partial charge in [0.25, 0.3) is 0 Å². The third-order valence-electron chi connectivity index (χ3n) is 6.67. The Kier molecular flexibility index (Phi) is 5.88. The van der Waals surface area contributed by atoms with E-state index in [1.54, 1.807) is 4.90 Å². The molecule has 0 N–H and O–H groups in total. The molecular formula is C23H31N3O3. The van der Waals surface area contributed by atoms with Crippen molar-refractivity contribution in [3.63, 3.8) is 0 Å². The van der Waals surface area contributed by atoms with Gasteiger partial charge in [0, 0.05) is 50.7 Å². The second-order valence-corrected chi connectivity index (χ2v) is 8.87. The van der Waals surface area contributed by atoms with E-state index in [1.165, 1.54) is 6.42 Å². The van der Waals surface area contributed by atoms with E-state index in [0.29, 0.717) is 25.6 Å². The van der Waals surface area contributed by atoms with Crippen LogP contribution in [0.5, 0.6) is 0 Å². The Hall–Kier alpha value is -2.37. The number of rotatable bonds is 3. The molecule has 3 aliphatic heterocycles. The van der Waals surface area contributed by atoms with Gasteiger partial charge in [0.15, 0.2) is 0 Å². The number of benzene rings is 1. The number of anilines is 1. The molecule has 3 fully saturated rings. The fourth-order valence-corrected chi connectivity index (χ4v) is 4.98. The average molecular weight is 398 g/mol.